The minimum absolute atomic E-state index is 0.112. The minimum atomic E-state index is -0.762. The van der Waals surface area contributed by atoms with Gasteiger partial charge in [0.2, 0.25) is 11.5 Å². The second kappa shape index (κ2) is 5.12. The Hall–Kier alpha value is -1.78. The quantitative estimate of drug-likeness (QED) is 0.672. The zero-order valence-electron chi connectivity index (χ0n) is 14.8. The Morgan fingerprint density at radius 2 is 1.84 bits per heavy atom. The molecule has 0 heterocycles. The first kappa shape index (κ1) is 16.7. The molecule has 0 aromatic heterocycles. The van der Waals surface area contributed by atoms with Crippen molar-refractivity contribution in [1.29, 1.82) is 0 Å². The smallest absolute Gasteiger partial charge is 0.307 e. The Morgan fingerprint density at radius 3 is 2.52 bits per heavy atom. The molecule has 4 rings (SSSR count). The van der Waals surface area contributed by atoms with Crippen molar-refractivity contribution in [2.24, 2.45) is 34.5 Å². The number of aliphatic hydroxyl groups excluding tert-OH is 2. The maximum atomic E-state index is 12.9. The highest BCUT2D eigenvalue weighted by Gasteiger charge is 2.62. The van der Waals surface area contributed by atoms with Crippen molar-refractivity contribution >= 4 is 11.8 Å². The minimum Gasteiger partial charge on any atom is -0.504 e. The van der Waals surface area contributed by atoms with Crippen LogP contribution >= 0.6 is 0 Å². The molecule has 136 valence electrons. The molecule has 0 amide bonds. The number of Topliss-reactive ketones (excluding diaryl/α,β-unsaturated/α-hetero) is 1. The molecule has 25 heavy (non-hydrogen) atoms. The summed E-state index contributed by atoms with van der Waals surface area (Å²) in [5.74, 6) is -1.44. The molecule has 0 saturated heterocycles. The van der Waals surface area contributed by atoms with Gasteiger partial charge in [-0.25, -0.2) is 0 Å². The third-order valence-electron chi connectivity index (χ3n) is 8.13. The molecule has 0 aromatic carbocycles. The first-order valence-corrected chi connectivity index (χ1v) is 9.32. The van der Waals surface area contributed by atoms with Crippen LogP contribution in [0, 0.1) is 34.5 Å². The van der Waals surface area contributed by atoms with Crippen LogP contribution in [0.2, 0.25) is 0 Å². The highest BCUT2D eigenvalue weighted by atomic mass is 16.4. The molecule has 3 saturated carbocycles. The summed E-state index contributed by atoms with van der Waals surface area (Å²) in [6, 6.07) is 0. The molecule has 5 heteroatoms. The molecule has 3 fully saturated rings. The van der Waals surface area contributed by atoms with Gasteiger partial charge in [-0.2, -0.15) is 0 Å². The number of aliphatic hydroxyl groups is 2. The third-order valence-corrected chi connectivity index (χ3v) is 8.13. The van der Waals surface area contributed by atoms with Gasteiger partial charge in [0.1, 0.15) is 0 Å². The number of carbonyl (C=O) groups excluding carboxylic acids is 1. The maximum Gasteiger partial charge on any atom is 0.307 e. The third kappa shape index (κ3) is 1.95. The Labute approximate surface area is 147 Å². The lowest BCUT2D eigenvalue weighted by Crippen LogP contribution is -2.53. The van der Waals surface area contributed by atoms with Crippen molar-refractivity contribution in [3.05, 3.63) is 23.2 Å². The van der Waals surface area contributed by atoms with Crippen molar-refractivity contribution in [3.8, 4) is 0 Å². The van der Waals surface area contributed by atoms with Crippen molar-refractivity contribution in [1.82, 2.24) is 0 Å². The summed E-state index contributed by atoms with van der Waals surface area (Å²) in [6.07, 6.45) is 6.47. The summed E-state index contributed by atoms with van der Waals surface area (Å²) in [7, 11) is 0. The molecule has 4 aliphatic rings. The van der Waals surface area contributed by atoms with Gasteiger partial charge in [0.05, 0.1) is 11.3 Å². The highest BCUT2D eigenvalue weighted by molar-refractivity contribution is 6.02. The second-order valence-electron chi connectivity index (χ2n) is 8.86. The lowest BCUT2D eigenvalue weighted by molar-refractivity contribution is -0.150. The van der Waals surface area contributed by atoms with Crippen molar-refractivity contribution in [2.75, 3.05) is 0 Å². The van der Waals surface area contributed by atoms with Gasteiger partial charge in [-0.1, -0.05) is 12.5 Å². The summed E-state index contributed by atoms with van der Waals surface area (Å²) in [6.45, 7) is 4.03. The summed E-state index contributed by atoms with van der Waals surface area (Å²) in [5, 5.41) is 29.5. The van der Waals surface area contributed by atoms with Crippen LogP contribution in [0.4, 0.5) is 0 Å². The van der Waals surface area contributed by atoms with Gasteiger partial charge >= 0.3 is 5.97 Å². The fourth-order valence-corrected chi connectivity index (χ4v) is 6.76. The van der Waals surface area contributed by atoms with Crippen LogP contribution < -0.4 is 0 Å². The van der Waals surface area contributed by atoms with Gasteiger partial charge in [0, 0.05) is 0 Å². The molecule has 3 N–H and O–H groups in total. The molecule has 6 atom stereocenters. The van der Waals surface area contributed by atoms with Gasteiger partial charge in [0.15, 0.2) is 5.76 Å². The van der Waals surface area contributed by atoms with E-state index in [0.29, 0.717) is 11.8 Å². The van der Waals surface area contributed by atoms with Crippen LogP contribution in [0.1, 0.15) is 52.4 Å². The molecular formula is C20H26O5. The standard InChI is InChI=1S/C20H26O5/c1-19-8-7-13-11(12(19)5-6-14(19)18(24)25)4-3-10-9-15(21)16(22)17(23)20(10,13)2/h9,11-14,21-22H,3-8H2,1-2H3,(H,24,25)/t11-,12-,13-,14+,19-,20-/m0/s1. The van der Waals surface area contributed by atoms with Crippen molar-refractivity contribution in [3.63, 3.8) is 0 Å². The van der Waals surface area contributed by atoms with Crippen molar-refractivity contribution in [2.45, 2.75) is 52.4 Å². The normalized spacial score (nSPS) is 46.2. The van der Waals surface area contributed by atoms with Gasteiger partial charge < -0.3 is 15.3 Å². The number of carboxylic acid groups (broad SMARTS) is 1. The van der Waals surface area contributed by atoms with Crippen LogP contribution in [-0.2, 0) is 9.59 Å². The predicted octanol–water partition coefficient (Wildman–Crippen LogP) is 3.77. The Balaban J connectivity index is 1.72. The molecule has 0 aliphatic heterocycles. The number of carbonyl (C=O) groups is 2. The van der Waals surface area contributed by atoms with Crippen LogP contribution in [-0.4, -0.2) is 27.1 Å². The summed E-state index contributed by atoms with van der Waals surface area (Å²) >= 11 is 0. The Morgan fingerprint density at radius 1 is 1.12 bits per heavy atom. The fourth-order valence-electron chi connectivity index (χ4n) is 6.76. The molecule has 0 bridgehead atoms. The fraction of sp³-hybridized carbons (Fsp3) is 0.700. The molecule has 0 radical (unpaired) electrons. The van der Waals surface area contributed by atoms with E-state index in [0.717, 1.165) is 44.1 Å². The van der Waals surface area contributed by atoms with Crippen LogP contribution in [0.15, 0.2) is 23.2 Å². The number of carboxylic acids is 1. The van der Waals surface area contributed by atoms with Crippen LogP contribution in [0.25, 0.3) is 0 Å². The van der Waals surface area contributed by atoms with E-state index in [4.69, 9.17) is 0 Å². The lowest BCUT2D eigenvalue weighted by atomic mass is 9.47. The maximum absolute atomic E-state index is 12.9. The number of fused-ring (bicyclic) bond motifs is 5. The highest BCUT2D eigenvalue weighted by Crippen LogP contribution is 2.66. The number of aliphatic carboxylic acids is 1. The monoisotopic (exact) mass is 346 g/mol. The van der Waals surface area contributed by atoms with E-state index < -0.39 is 17.1 Å². The van der Waals surface area contributed by atoms with E-state index >= 15 is 0 Å². The molecule has 0 spiro atoms. The van der Waals surface area contributed by atoms with E-state index in [1.807, 2.05) is 6.92 Å². The average Bonchev–Trinajstić information content (AvgIpc) is 2.92. The van der Waals surface area contributed by atoms with E-state index in [1.54, 1.807) is 6.08 Å². The van der Waals surface area contributed by atoms with Gasteiger partial charge in [-0.15, -0.1) is 0 Å². The predicted molar refractivity (Wildman–Crippen MR) is 90.9 cm³/mol. The zero-order chi connectivity index (χ0) is 18.1. The molecule has 5 nitrogen and oxygen atoms in total. The SMILES string of the molecule is C[C@]12C(=O)C(O)=C(O)C=C1CC[C@@H]1[C@@H]2CC[C@]2(C)[C@@H](C(=O)O)CC[C@@H]12. The van der Waals surface area contributed by atoms with Gasteiger partial charge in [0.25, 0.3) is 0 Å². The number of rotatable bonds is 1. The van der Waals surface area contributed by atoms with Crippen LogP contribution in [0.3, 0.4) is 0 Å². The van der Waals surface area contributed by atoms with E-state index in [9.17, 15) is 24.9 Å². The summed E-state index contributed by atoms with van der Waals surface area (Å²) < 4.78 is 0. The zero-order valence-corrected chi connectivity index (χ0v) is 14.8. The number of hydrogen-bond acceptors (Lipinski definition) is 4. The first-order chi connectivity index (χ1) is 11.7. The largest absolute Gasteiger partial charge is 0.504 e. The number of hydrogen-bond donors (Lipinski definition) is 3. The molecule has 0 unspecified atom stereocenters. The van der Waals surface area contributed by atoms with E-state index in [1.165, 1.54) is 0 Å². The molecular weight excluding hydrogens is 320 g/mol. The molecule has 0 aromatic rings. The molecule has 4 aliphatic carbocycles. The summed E-state index contributed by atoms with van der Waals surface area (Å²) in [5.41, 5.74) is -0.0325. The van der Waals surface area contributed by atoms with Crippen molar-refractivity contribution < 1.29 is 24.9 Å². The summed E-state index contributed by atoms with van der Waals surface area (Å²) in [4.78, 5) is 24.6. The Bertz CT molecular complexity index is 720. The Kier molecular flexibility index (Phi) is 3.41. The first-order valence-electron chi connectivity index (χ1n) is 9.32. The second-order valence-corrected chi connectivity index (χ2v) is 8.86. The van der Waals surface area contributed by atoms with Crippen LogP contribution in [0.5, 0.6) is 0 Å². The number of ketones is 1. The topological polar surface area (TPSA) is 94.8 Å². The number of allylic oxidation sites excluding steroid dienone is 3. The van der Waals surface area contributed by atoms with E-state index in [-0.39, 0.29) is 28.8 Å². The van der Waals surface area contributed by atoms with E-state index in [2.05, 4.69) is 6.92 Å². The van der Waals surface area contributed by atoms with Gasteiger partial charge in [-0.3, -0.25) is 9.59 Å². The lowest BCUT2D eigenvalue weighted by Gasteiger charge is -2.56. The van der Waals surface area contributed by atoms with Gasteiger partial charge in [-0.05, 0) is 74.7 Å². The average molecular weight is 346 g/mol.